The number of amides is 1. The van der Waals surface area contributed by atoms with E-state index >= 15 is 0 Å². The third-order valence-electron chi connectivity index (χ3n) is 3.68. The maximum absolute atomic E-state index is 11.8. The Labute approximate surface area is 142 Å². The van der Waals surface area contributed by atoms with Gasteiger partial charge in [0.1, 0.15) is 0 Å². The van der Waals surface area contributed by atoms with Gasteiger partial charge in [-0.3, -0.25) is 4.79 Å². The van der Waals surface area contributed by atoms with Crippen molar-refractivity contribution in [2.75, 3.05) is 25.9 Å². The first-order chi connectivity index (χ1) is 11.3. The molecule has 0 aliphatic rings. The summed E-state index contributed by atoms with van der Waals surface area (Å²) >= 11 is 0. The van der Waals surface area contributed by atoms with Crippen LogP contribution in [-0.2, 0) is 21.2 Å². The van der Waals surface area contributed by atoms with E-state index in [4.69, 9.17) is 5.11 Å². The second kappa shape index (κ2) is 9.39. The molecule has 0 atom stereocenters. The number of carbonyl (C=O) groups excluding carboxylic acids is 1. The fourth-order valence-electron chi connectivity index (χ4n) is 2.17. The van der Waals surface area contributed by atoms with Gasteiger partial charge in [0.15, 0.2) is 0 Å². The molecule has 2 N–H and O–H groups in total. The average Bonchev–Trinajstić information content (AvgIpc) is 2.56. The van der Waals surface area contributed by atoms with Crippen LogP contribution in [0, 0.1) is 0 Å². The molecular weight excluding hydrogens is 332 g/mol. The minimum absolute atomic E-state index is 0.0544. The Kier molecular flexibility index (Phi) is 7.87. The van der Waals surface area contributed by atoms with Gasteiger partial charge in [0.2, 0.25) is 15.9 Å². The van der Waals surface area contributed by atoms with Crippen molar-refractivity contribution in [3.8, 4) is 0 Å². The Morgan fingerprint density at radius 3 is 2.54 bits per heavy atom. The lowest BCUT2D eigenvalue weighted by Gasteiger charge is -2.15. The highest BCUT2D eigenvalue weighted by Crippen LogP contribution is 2.11. The number of hydrogen-bond acceptors (Lipinski definition) is 4. The minimum atomic E-state index is -3.19. The summed E-state index contributed by atoms with van der Waals surface area (Å²) in [7, 11) is -1.68. The zero-order valence-electron chi connectivity index (χ0n) is 14.0. The van der Waals surface area contributed by atoms with Crippen molar-refractivity contribution in [2.45, 2.75) is 26.2 Å². The Morgan fingerprint density at radius 2 is 1.92 bits per heavy atom. The molecule has 0 aliphatic carbocycles. The van der Waals surface area contributed by atoms with E-state index in [2.05, 4.69) is 5.32 Å². The summed E-state index contributed by atoms with van der Waals surface area (Å²) in [6.07, 6.45) is 1.05. The summed E-state index contributed by atoms with van der Waals surface area (Å²) in [5.74, 6) is -1.14. The van der Waals surface area contributed by atoms with Gasteiger partial charge in [0.05, 0.1) is 11.3 Å². The van der Waals surface area contributed by atoms with Crippen LogP contribution >= 0.6 is 0 Å². The summed E-state index contributed by atoms with van der Waals surface area (Å²) in [5, 5.41) is 11.8. The SMILES string of the molecule is CCS(=O)(=O)N(C)CCCNC(=O)CCc1ccccc1C(=O)O. The summed E-state index contributed by atoms with van der Waals surface area (Å²) in [4.78, 5) is 22.9. The molecular formula is C16H24N2O5S. The molecule has 0 bridgehead atoms. The number of carboxylic acids is 1. The molecule has 7 nitrogen and oxygen atoms in total. The molecule has 0 radical (unpaired) electrons. The van der Waals surface area contributed by atoms with E-state index < -0.39 is 16.0 Å². The molecule has 0 aliphatic heterocycles. The first kappa shape index (κ1) is 20.1. The Bertz CT molecular complexity index is 673. The summed E-state index contributed by atoms with van der Waals surface area (Å²) in [6, 6.07) is 6.60. The van der Waals surface area contributed by atoms with Gasteiger partial charge in [-0.1, -0.05) is 18.2 Å². The van der Waals surface area contributed by atoms with Crippen LogP contribution in [0.3, 0.4) is 0 Å². The van der Waals surface area contributed by atoms with Crippen molar-refractivity contribution in [2.24, 2.45) is 0 Å². The molecule has 0 heterocycles. The highest BCUT2D eigenvalue weighted by Gasteiger charge is 2.14. The summed E-state index contributed by atoms with van der Waals surface area (Å²) in [6.45, 7) is 2.31. The number of aryl methyl sites for hydroxylation is 1. The molecule has 0 saturated heterocycles. The molecule has 134 valence electrons. The number of nitrogens with one attached hydrogen (secondary N) is 1. The molecule has 0 saturated carbocycles. The zero-order chi connectivity index (χ0) is 18.2. The van der Waals surface area contributed by atoms with Gasteiger partial charge in [-0.2, -0.15) is 0 Å². The van der Waals surface area contributed by atoms with Crippen molar-refractivity contribution in [1.82, 2.24) is 9.62 Å². The largest absolute Gasteiger partial charge is 0.478 e. The monoisotopic (exact) mass is 356 g/mol. The lowest BCUT2D eigenvalue weighted by molar-refractivity contribution is -0.121. The number of benzene rings is 1. The van der Waals surface area contributed by atoms with Gasteiger partial charge in [-0.15, -0.1) is 0 Å². The molecule has 1 aromatic rings. The van der Waals surface area contributed by atoms with Crippen LogP contribution < -0.4 is 5.32 Å². The summed E-state index contributed by atoms with van der Waals surface area (Å²) < 4.78 is 24.4. The predicted octanol–water partition coefficient (Wildman–Crippen LogP) is 1.11. The van der Waals surface area contributed by atoms with Crippen molar-refractivity contribution in [3.63, 3.8) is 0 Å². The van der Waals surface area contributed by atoms with Crippen LogP contribution in [0.5, 0.6) is 0 Å². The predicted molar refractivity (Wildman–Crippen MR) is 91.4 cm³/mol. The van der Waals surface area contributed by atoms with E-state index in [0.29, 0.717) is 31.5 Å². The fourth-order valence-corrected chi connectivity index (χ4v) is 3.02. The molecule has 0 unspecified atom stereocenters. The minimum Gasteiger partial charge on any atom is -0.478 e. The van der Waals surface area contributed by atoms with E-state index in [1.165, 1.54) is 17.4 Å². The quantitative estimate of drug-likeness (QED) is 0.611. The zero-order valence-corrected chi connectivity index (χ0v) is 14.8. The molecule has 0 aromatic heterocycles. The maximum Gasteiger partial charge on any atom is 0.335 e. The molecule has 24 heavy (non-hydrogen) atoms. The molecule has 0 fully saturated rings. The average molecular weight is 356 g/mol. The van der Waals surface area contributed by atoms with Crippen molar-refractivity contribution in [1.29, 1.82) is 0 Å². The number of hydrogen-bond donors (Lipinski definition) is 2. The lowest BCUT2D eigenvalue weighted by Crippen LogP contribution is -2.32. The second-order valence-electron chi connectivity index (χ2n) is 5.39. The normalized spacial score (nSPS) is 11.5. The van der Waals surface area contributed by atoms with Crippen molar-refractivity contribution >= 4 is 21.9 Å². The number of aromatic carboxylic acids is 1. The van der Waals surface area contributed by atoms with E-state index in [0.717, 1.165) is 0 Å². The van der Waals surface area contributed by atoms with Crippen LogP contribution in [-0.4, -0.2) is 55.6 Å². The van der Waals surface area contributed by atoms with Gasteiger partial charge < -0.3 is 10.4 Å². The number of carbonyl (C=O) groups is 2. The van der Waals surface area contributed by atoms with Gasteiger partial charge in [0, 0.05) is 26.6 Å². The first-order valence-electron chi connectivity index (χ1n) is 7.79. The van der Waals surface area contributed by atoms with Gasteiger partial charge >= 0.3 is 5.97 Å². The number of nitrogens with zero attached hydrogens (tertiary/aromatic N) is 1. The van der Waals surface area contributed by atoms with Gasteiger partial charge in [0.25, 0.3) is 0 Å². The van der Waals surface area contributed by atoms with Crippen LogP contribution in [0.1, 0.15) is 35.7 Å². The second-order valence-corrected chi connectivity index (χ2v) is 7.75. The molecule has 8 heteroatoms. The topological polar surface area (TPSA) is 104 Å². The number of rotatable bonds is 10. The highest BCUT2D eigenvalue weighted by atomic mass is 32.2. The fraction of sp³-hybridized carbons (Fsp3) is 0.500. The van der Waals surface area contributed by atoms with Crippen LogP contribution in [0.25, 0.3) is 0 Å². The third-order valence-corrected chi connectivity index (χ3v) is 5.54. The van der Waals surface area contributed by atoms with Gasteiger partial charge in [-0.25, -0.2) is 17.5 Å². The summed E-state index contributed by atoms with van der Waals surface area (Å²) in [5.41, 5.74) is 0.825. The van der Waals surface area contributed by atoms with Crippen molar-refractivity contribution < 1.29 is 23.1 Å². The standard InChI is InChI=1S/C16H24N2O5S/c1-3-24(22,23)18(2)12-6-11-17-15(19)10-9-13-7-4-5-8-14(13)16(20)21/h4-5,7-8H,3,6,9-12H2,1-2H3,(H,17,19)(H,20,21). The smallest absolute Gasteiger partial charge is 0.335 e. The lowest BCUT2D eigenvalue weighted by atomic mass is 10.0. The van der Waals surface area contributed by atoms with E-state index in [-0.39, 0.29) is 23.6 Å². The number of carboxylic acid groups (broad SMARTS) is 1. The first-order valence-corrected chi connectivity index (χ1v) is 9.40. The molecule has 1 amide bonds. The third kappa shape index (κ3) is 6.29. The van der Waals surface area contributed by atoms with Crippen molar-refractivity contribution in [3.05, 3.63) is 35.4 Å². The van der Waals surface area contributed by atoms with E-state index in [1.807, 2.05) is 0 Å². The molecule has 1 aromatic carbocycles. The van der Waals surface area contributed by atoms with E-state index in [9.17, 15) is 18.0 Å². The maximum atomic E-state index is 11.8. The van der Waals surface area contributed by atoms with Crippen LogP contribution in [0.2, 0.25) is 0 Å². The number of sulfonamides is 1. The van der Waals surface area contributed by atoms with Gasteiger partial charge in [-0.05, 0) is 31.4 Å². The van der Waals surface area contributed by atoms with Crippen LogP contribution in [0.4, 0.5) is 0 Å². The van der Waals surface area contributed by atoms with Crippen LogP contribution in [0.15, 0.2) is 24.3 Å². The Balaban J connectivity index is 2.34. The van der Waals surface area contributed by atoms with E-state index in [1.54, 1.807) is 25.1 Å². The molecule has 0 spiro atoms. The Morgan fingerprint density at radius 1 is 1.25 bits per heavy atom. The molecule has 1 rings (SSSR count). The Hall–Kier alpha value is -1.93. The highest BCUT2D eigenvalue weighted by molar-refractivity contribution is 7.89.